The van der Waals surface area contributed by atoms with Gasteiger partial charge in [0.15, 0.2) is 0 Å². The highest BCUT2D eigenvalue weighted by Crippen LogP contribution is 2.17. The fraction of sp³-hybridized carbons (Fsp3) is 0.438. The summed E-state index contributed by atoms with van der Waals surface area (Å²) in [5.41, 5.74) is 2.78. The lowest BCUT2D eigenvalue weighted by molar-refractivity contribution is 0.530. The molecule has 0 aliphatic heterocycles. The molecule has 20 heavy (non-hydrogen) atoms. The summed E-state index contributed by atoms with van der Waals surface area (Å²) in [5, 5.41) is 7.70. The largest absolute Gasteiger partial charge is 0.306 e. The van der Waals surface area contributed by atoms with Crippen LogP contribution in [0.3, 0.4) is 0 Å². The van der Waals surface area contributed by atoms with Crippen molar-refractivity contribution in [2.45, 2.75) is 46.3 Å². The second-order valence-electron chi connectivity index (χ2n) is 5.53. The zero-order valence-electron chi connectivity index (χ0n) is 12.5. The molecule has 0 saturated heterocycles. The Morgan fingerprint density at radius 3 is 2.65 bits per heavy atom. The molecule has 1 aromatic heterocycles. The smallest absolute Gasteiger partial charge is 0.126 e. The first kappa shape index (κ1) is 14.7. The topological polar surface area (TPSA) is 29.9 Å². The minimum atomic E-state index is -0.149. The molecule has 0 aliphatic carbocycles. The van der Waals surface area contributed by atoms with E-state index in [4.69, 9.17) is 0 Å². The van der Waals surface area contributed by atoms with Crippen molar-refractivity contribution in [2.75, 3.05) is 0 Å². The second kappa shape index (κ2) is 6.18. The lowest BCUT2D eigenvalue weighted by Crippen LogP contribution is -2.18. The Morgan fingerprint density at radius 1 is 1.30 bits per heavy atom. The lowest BCUT2D eigenvalue weighted by atomic mass is 10.1. The van der Waals surface area contributed by atoms with Crippen LogP contribution in [0.1, 0.15) is 49.5 Å². The first-order chi connectivity index (χ1) is 9.47. The third-order valence-electron chi connectivity index (χ3n) is 3.49. The van der Waals surface area contributed by atoms with Gasteiger partial charge in [-0.2, -0.15) is 5.10 Å². The Bertz CT molecular complexity index is 575. The predicted octanol–water partition coefficient (Wildman–Crippen LogP) is 3.76. The van der Waals surface area contributed by atoms with Crippen molar-refractivity contribution in [1.82, 2.24) is 15.1 Å². The molecule has 1 aromatic carbocycles. The van der Waals surface area contributed by atoms with Gasteiger partial charge in [-0.3, -0.25) is 4.68 Å². The van der Waals surface area contributed by atoms with E-state index in [1.165, 1.54) is 0 Å². The van der Waals surface area contributed by atoms with Crippen LogP contribution >= 0.6 is 0 Å². The number of aryl methyl sites for hydroxylation is 1. The molecule has 0 radical (unpaired) electrons. The van der Waals surface area contributed by atoms with Crippen LogP contribution in [-0.2, 0) is 6.54 Å². The Morgan fingerprint density at radius 2 is 2.05 bits per heavy atom. The van der Waals surface area contributed by atoms with E-state index in [1.807, 2.05) is 36.1 Å². The first-order valence-electron chi connectivity index (χ1n) is 7.00. The quantitative estimate of drug-likeness (QED) is 0.900. The molecule has 4 heteroatoms. The van der Waals surface area contributed by atoms with Gasteiger partial charge < -0.3 is 5.32 Å². The summed E-state index contributed by atoms with van der Waals surface area (Å²) in [4.78, 5) is 0. The molecule has 1 unspecified atom stereocenters. The number of nitrogens with one attached hydrogen (secondary N) is 1. The van der Waals surface area contributed by atoms with Crippen LogP contribution in [0.15, 0.2) is 30.6 Å². The molecule has 0 fully saturated rings. The van der Waals surface area contributed by atoms with Gasteiger partial charge in [0.25, 0.3) is 0 Å². The number of benzene rings is 1. The van der Waals surface area contributed by atoms with Gasteiger partial charge in [-0.1, -0.05) is 12.1 Å². The Hall–Kier alpha value is -1.68. The predicted molar refractivity (Wildman–Crippen MR) is 79.0 cm³/mol. The number of nitrogens with zero attached hydrogens (tertiary/aromatic N) is 2. The van der Waals surface area contributed by atoms with Crippen LogP contribution in [-0.4, -0.2) is 9.78 Å². The minimum Gasteiger partial charge on any atom is -0.306 e. The maximum Gasteiger partial charge on any atom is 0.126 e. The highest BCUT2D eigenvalue weighted by molar-refractivity contribution is 5.25. The van der Waals surface area contributed by atoms with Crippen LogP contribution in [0.5, 0.6) is 0 Å². The molecule has 1 atom stereocenters. The van der Waals surface area contributed by atoms with Crippen molar-refractivity contribution < 1.29 is 4.39 Å². The van der Waals surface area contributed by atoms with Crippen molar-refractivity contribution in [1.29, 1.82) is 0 Å². The summed E-state index contributed by atoms with van der Waals surface area (Å²) in [7, 11) is 0. The molecule has 0 saturated carbocycles. The maximum absolute atomic E-state index is 13.6. The Kier molecular flexibility index (Phi) is 4.55. The molecule has 0 spiro atoms. The number of rotatable bonds is 5. The first-order valence-corrected chi connectivity index (χ1v) is 7.00. The van der Waals surface area contributed by atoms with Gasteiger partial charge in [0, 0.05) is 30.4 Å². The minimum absolute atomic E-state index is 0.104. The van der Waals surface area contributed by atoms with Crippen molar-refractivity contribution in [2.24, 2.45) is 0 Å². The molecule has 2 aromatic rings. The fourth-order valence-electron chi connectivity index (χ4n) is 2.02. The van der Waals surface area contributed by atoms with Crippen LogP contribution in [0.2, 0.25) is 0 Å². The molecule has 0 aliphatic rings. The zero-order valence-corrected chi connectivity index (χ0v) is 12.5. The average Bonchev–Trinajstić information content (AvgIpc) is 2.88. The van der Waals surface area contributed by atoms with E-state index < -0.39 is 0 Å². The molecular weight excluding hydrogens is 253 g/mol. The molecule has 3 nitrogen and oxygen atoms in total. The third-order valence-corrected chi connectivity index (χ3v) is 3.49. The van der Waals surface area contributed by atoms with E-state index in [1.54, 1.807) is 13.0 Å². The van der Waals surface area contributed by atoms with Gasteiger partial charge in [-0.15, -0.1) is 0 Å². The zero-order chi connectivity index (χ0) is 14.7. The van der Waals surface area contributed by atoms with Gasteiger partial charge in [-0.25, -0.2) is 4.39 Å². The van der Waals surface area contributed by atoms with Gasteiger partial charge in [0.2, 0.25) is 0 Å². The fourth-order valence-corrected chi connectivity index (χ4v) is 2.02. The van der Waals surface area contributed by atoms with E-state index in [-0.39, 0.29) is 11.9 Å². The molecule has 0 bridgehead atoms. The third kappa shape index (κ3) is 3.45. The molecule has 0 amide bonds. The monoisotopic (exact) mass is 275 g/mol. The summed E-state index contributed by atoms with van der Waals surface area (Å²) in [5.74, 6) is -0.149. The number of halogens is 1. The summed E-state index contributed by atoms with van der Waals surface area (Å²) < 4.78 is 15.5. The normalized spacial score (nSPS) is 12.9. The van der Waals surface area contributed by atoms with E-state index in [2.05, 4.69) is 24.3 Å². The van der Waals surface area contributed by atoms with Gasteiger partial charge in [-0.05, 0) is 44.9 Å². The van der Waals surface area contributed by atoms with E-state index in [0.717, 1.165) is 17.7 Å². The molecular formula is C16H22FN3. The van der Waals surface area contributed by atoms with Crippen molar-refractivity contribution >= 4 is 0 Å². The second-order valence-corrected chi connectivity index (χ2v) is 5.53. The van der Waals surface area contributed by atoms with E-state index in [0.29, 0.717) is 11.6 Å². The maximum atomic E-state index is 13.6. The summed E-state index contributed by atoms with van der Waals surface area (Å²) in [6.07, 6.45) is 3.91. The van der Waals surface area contributed by atoms with Gasteiger partial charge >= 0.3 is 0 Å². The van der Waals surface area contributed by atoms with E-state index >= 15 is 0 Å². The average molecular weight is 275 g/mol. The summed E-state index contributed by atoms with van der Waals surface area (Å²) in [6.45, 7) is 8.74. The van der Waals surface area contributed by atoms with Crippen molar-refractivity contribution in [3.8, 4) is 0 Å². The SMILES string of the molecule is Cc1ccc(C(C)NCc2cnn(C(C)C)c2)cc1F. The van der Waals surface area contributed by atoms with Gasteiger partial charge in [0.1, 0.15) is 5.82 Å². The van der Waals surface area contributed by atoms with Crippen LogP contribution < -0.4 is 5.32 Å². The van der Waals surface area contributed by atoms with E-state index in [9.17, 15) is 4.39 Å². The summed E-state index contributed by atoms with van der Waals surface area (Å²) in [6, 6.07) is 5.86. The summed E-state index contributed by atoms with van der Waals surface area (Å²) >= 11 is 0. The lowest BCUT2D eigenvalue weighted by Gasteiger charge is -2.14. The number of aromatic nitrogens is 2. The Labute approximate surface area is 119 Å². The standard InChI is InChI=1S/C16H22FN3/c1-11(2)20-10-14(9-19-20)8-18-13(4)15-6-5-12(3)16(17)7-15/h5-7,9-11,13,18H,8H2,1-4H3. The van der Waals surface area contributed by atoms with Gasteiger partial charge in [0.05, 0.1) is 6.20 Å². The molecule has 1 N–H and O–H groups in total. The van der Waals surface area contributed by atoms with Crippen LogP contribution in [0, 0.1) is 12.7 Å². The molecule has 2 rings (SSSR count). The van der Waals surface area contributed by atoms with Crippen LogP contribution in [0.4, 0.5) is 4.39 Å². The van der Waals surface area contributed by atoms with Crippen molar-refractivity contribution in [3.63, 3.8) is 0 Å². The number of hydrogen-bond donors (Lipinski definition) is 1. The van der Waals surface area contributed by atoms with Crippen molar-refractivity contribution in [3.05, 3.63) is 53.1 Å². The molecule has 108 valence electrons. The Balaban J connectivity index is 1.97. The number of hydrogen-bond acceptors (Lipinski definition) is 2. The highest BCUT2D eigenvalue weighted by atomic mass is 19.1. The highest BCUT2D eigenvalue weighted by Gasteiger charge is 2.08. The van der Waals surface area contributed by atoms with Crippen LogP contribution in [0.25, 0.3) is 0 Å². The molecule has 1 heterocycles.